The van der Waals surface area contributed by atoms with Crippen molar-refractivity contribution >= 4 is 44.8 Å². The number of rotatable bonds is 6. The molecule has 1 aliphatic rings. The Kier molecular flexibility index (Phi) is 7.23. The zero-order valence-corrected chi connectivity index (χ0v) is 20.3. The third kappa shape index (κ3) is 5.90. The van der Waals surface area contributed by atoms with Crippen LogP contribution in [0.2, 0.25) is 5.02 Å². The number of fused-ring (bicyclic) bond motifs is 1. The second-order valence-corrected chi connectivity index (χ2v) is 10.3. The van der Waals surface area contributed by atoms with Crippen LogP contribution in [0.4, 0.5) is 11.4 Å². The molecule has 2 N–H and O–H groups in total. The van der Waals surface area contributed by atoms with Gasteiger partial charge in [-0.3, -0.25) is 18.9 Å². The number of amides is 2. The van der Waals surface area contributed by atoms with Crippen molar-refractivity contribution in [1.82, 2.24) is 10.3 Å². The lowest BCUT2D eigenvalue weighted by Crippen LogP contribution is -2.36. The fraction of sp³-hybridized carbons (Fsp3) is 0.208. The molecule has 1 aliphatic heterocycles. The molecule has 0 saturated heterocycles. The van der Waals surface area contributed by atoms with Gasteiger partial charge in [-0.05, 0) is 42.0 Å². The highest BCUT2D eigenvalue weighted by molar-refractivity contribution is 7.92. The summed E-state index contributed by atoms with van der Waals surface area (Å²) >= 11 is 6.07. The smallest absolute Gasteiger partial charge is 0.265 e. The molecule has 35 heavy (non-hydrogen) atoms. The number of halogens is 1. The van der Waals surface area contributed by atoms with Crippen LogP contribution >= 0.6 is 11.6 Å². The van der Waals surface area contributed by atoms with E-state index in [4.69, 9.17) is 16.3 Å². The second kappa shape index (κ2) is 10.3. The fourth-order valence-corrected chi connectivity index (χ4v) is 4.77. The molecule has 2 aromatic carbocycles. The van der Waals surface area contributed by atoms with E-state index in [2.05, 4.69) is 15.6 Å². The van der Waals surface area contributed by atoms with Gasteiger partial charge >= 0.3 is 0 Å². The van der Waals surface area contributed by atoms with Gasteiger partial charge in [0.05, 0.1) is 23.2 Å². The van der Waals surface area contributed by atoms with Crippen LogP contribution in [0.1, 0.15) is 22.3 Å². The predicted molar refractivity (Wildman–Crippen MR) is 133 cm³/mol. The molecule has 1 atom stereocenters. The number of hydrogen-bond donors (Lipinski definition) is 2. The number of sulfonamides is 1. The van der Waals surface area contributed by atoms with E-state index in [1.165, 1.54) is 16.4 Å². The van der Waals surface area contributed by atoms with Crippen molar-refractivity contribution in [2.75, 3.05) is 22.4 Å². The van der Waals surface area contributed by atoms with E-state index in [0.717, 1.165) is 11.8 Å². The maximum Gasteiger partial charge on any atom is 0.265 e. The number of aromatic nitrogens is 1. The van der Waals surface area contributed by atoms with Crippen LogP contribution in [0.5, 0.6) is 5.75 Å². The predicted octanol–water partition coefficient (Wildman–Crippen LogP) is 3.22. The van der Waals surface area contributed by atoms with E-state index >= 15 is 0 Å². The van der Waals surface area contributed by atoms with Gasteiger partial charge in [0.2, 0.25) is 10.0 Å². The number of carbonyl (C=O) groups is 2. The lowest BCUT2D eigenvalue weighted by Gasteiger charge is -2.21. The number of carbonyl (C=O) groups excluding carboxylic acids is 2. The van der Waals surface area contributed by atoms with Gasteiger partial charge in [-0.15, -0.1) is 0 Å². The molecule has 182 valence electrons. The van der Waals surface area contributed by atoms with Crippen molar-refractivity contribution in [3.63, 3.8) is 0 Å². The summed E-state index contributed by atoms with van der Waals surface area (Å²) in [7, 11) is -3.63. The van der Waals surface area contributed by atoms with Crippen LogP contribution in [0.25, 0.3) is 0 Å². The van der Waals surface area contributed by atoms with E-state index in [9.17, 15) is 18.0 Å². The van der Waals surface area contributed by atoms with Crippen molar-refractivity contribution in [1.29, 1.82) is 0 Å². The van der Waals surface area contributed by atoms with Crippen molar-refractivity contribution < 1.29 is 22.7 Å². The Labute approximate surface area is 208 Å². The van der Waals surface area contributed by atoms with Crippen LogP contribution in [0, 0.1) is 0 Å². The Morgan fingerprint density at radius 2 is 1.97 bits per heavy atom. The zero-order valence-electron chi connectivity index (χ0n) is 18.8. The number of benzene rings is 2. The summed E-state index contributed by atoms with van der Waals surface area (Å²) in [5.74, 6) is -0.650. The van der Waals surface area contributed by atoms with Crippen LogP contribution in [0.15, 0.2) is 67.0 Å². The summed E-state index contributed by atoms with van der Waals surface area (Å²) in [5.41, 5.74) is 1.70. The van der Waals surface area contributed by atoms with Crippen LogP contribution < -0.4 is 19.7 Å². The minimum atomic E-state index is -3.63. The SMILES string of the molecule is CS(=O)(=O)N1CCC(C(=O)Nc2ccccc2C(=O)NCc2cccnc2)Oc2ccc(Cl)cc21. The van der Waals surface area contributed by atoms with Gasteiger partial charge in [0.15, 0.2) is 6.10 Å². The van der Waals surface area contributed by atoms with Gasteiger partial charge < -0.3 is 15.4 Å². The standard InChI is InChI=1S/C24H23ClN4O5S/c1-35(32,33)29-12-10-22(34-21-9-8-17(25)13-20(21)29)24(31)28-19-7-3-2-6-18(19)23(30)27-15-16-5-4-11-26-14-16/h2-9,11,13-14,22H,10,12,15H2,1H3,(H,27,30)(H,28,31). The number of nitrogens with one attached hydrogen (secondary N) is 2. The normalized spacial score (nSPS) is 15.4. The number of hydrogen-bond acceptors (Lipinski definition) is 6. The van der Waals surface area contributed by atoms with E-state index in [1.54, 1.807) is 48.8 Å². The lowest BCUT2D eigenvalue weighted by atomic mass is 10.1. The van der Waals surface area contributed by atoms with Gasteiger partial charge in [0.25, 0.3) is 11.8 Å². The van der Waals surface area contributed by atoms with Gasteiger partial charge in [-0.25, -0.2) is 8.42 Å². The summed E-state index contributed by atoms with van der Waals surface area (Å²) in [4.78, 5) is 30.0. The largest absolute Gasteiger partial charge is 0.478 e. The van der Waals surface area contributed by atoms with Crippen molar-refractivity contribution in [3.05, 3.63) is 83.1 Å². The molecular formula is C24H23ClN4O5S. The van der Waals surface area contributed by atoms with Crippen LogP contribution in [-0.2, 0) is 21.4 Å². The average Bonchev–Trinajstić information content (AvgIpc) is 3.03. The topological polar surface area (TPSA) is 118 Å². The van der Waals surface area contributed by atoms with Gasteiger partial charge in [0.1, 0.15) is 5.75 Å². The molecule has 11 heteroatoms. The Morgan fingerprint density at radius 1 is 1.17 bits per heavy atom. The second-order valence-electron chi connectivity index (χ2n) is 7.92. The first kappa shape index (κ1) is 24.5. The number of ether oxygens (including phenoxy) is 1. The highest BCUT2D eigenvalue weighted by Gasteiger charge is 2.32. The zero-order chi connectivity index (χ0) is 25.0. The Bertz CT molecular complexity index is 1350. The number of pyridine rings is 1. The average molecular weight is 515 g/mol. The van der Waals surface area contributed by atoms with Crippen LogP contribution in [-0.4, -0.2) is 44.1 Å². The third-order valence-corrected chi connectivity index (χ3v) is 6.77. The van der Waals surface area contributed by atoms with E-state index in [-0.39, 0.29) is 42.4 Å². The molecule has 0 spiro atoms. The van der Waals surface area contributed by atoms with Gasteiger partial charge in [-0.1, -0.05) is 29.8 Å². The van der Waals surface area contributed by atoms with Crippen molar-refractivity contribution in [2.45, 2.75) is 19.1 Å². The first-order valence-corrected chi connectivity index (χ1v) is 13.0. The molecular weight excluding hydrogens is 492 g/mol. The maximum atomic E-state index is 13.1. The minimum Gasteiger partial charge on any atom is -0.478 e. The van der Waals surface area contributed by atoms with E-state index in [0.29, 0.717) is 10.7 Å². The van der Waals surface area contributed by atoms with E-state index < -0.39 is 22.0 Å². The monoisotopic (exact) mass is 514 g/mol. The van der Waals surface area contributed by atoms with Crippen LogP contribution in [0.3, 0.4) is 0 Å². The quantitative estimate of drug-likeness (QED) is 0.521. The first-order chi connectivity index (χ1) is 16.7. The molecule has 0 aliphatic carbocycles. The molecule has 2 amide bonds. The molecule has 3 aromatic rings. The molecule has 1 aromatic heterocycles. The summed E-state index contributed by atoms with van der Waals surface area (Å²) in [6, 6.07) is 14.8. The fourth-order valence-electron chi connectivity index (χ4n) is 3.66. The molecule has 1 unspecified atom stereocenters. The molecule has 0 fully saturated rings. The summed E-state index contributed by atoms with van der Waals surface area (Å²) < 4.78 is 31.7. The Hall–Kier alpha value is -3.63. The lowest BCUT2D eigenvalue weighted by molar-refractivity contribution is -0.122. The van der Waals surface area contributed by atoms with Gasteiger partial charge in [0, 0.05) is 36.9 Å². The number of anilines is 2. The first-order valence-electron chi connectivity index (χ1n) is 10.7. The highest BCUT2D eigenvalue weighted by atomic mass is 35.5. The molecule has 2 heterocycles. The van der Waals surface area contributed by atoms with E-state index in [1.807, 2.05) is 6.07 Å². The number of para-hydroxylation sites is 1. The molecule has 0 radical (unpaired) electrons. The maximum absolute atomic E-state index is 13.1. The molecule has 9 nitrogen and oxygen atoms in total. The highest BCUT2D eigenvalue weighted by Crippen LogP contribution is 2.36. The molecule has 0 saturated carbocycles. The third-order valence-electron chi connectivity index (χ3n) is 5.35. The minimum absolute atomic E-state index is 0.0253. The number of nitrogens with zero attached hydrogens (tertiary/aromatic N) is 2. The Morgan fingerprint density at radius 3 is 2.71 bits per heavy atom. The van der Waals surface area contributed by atoms with Crippen molar-refractivity contribution in [3.8, 4) is 5.75 Å². The summed E-state index contributed by atoms with van der Waals surface area (Å²) in [5, 5.41) is 5.91. The molecule has 4 rings (SSSR count). The Balaban J connectivity index is 1.51. The van der Waals surface area contributed by atoms with Gasteiger partial charge in [-0.2, -0.15) is 0 Å². The summed E-state index contributed by atoms with van der Waals surface area (Å²) in [6.07, 6.45) is 3.49. The molecule has 0 bridgehead atoms. The summed E-state index contributed by atoms with van der Waals surface area (Å²) in [6.45, 7) is 0.304. The van der Waals surface area contributed by atoms with Crippen molar-refractivity contribution in [2.24, 2.45) is 0 Å².